The molecule has 0 saturated heterocycles. The van der Waals surface area contributed by atoms with Crippen molar-refractivity contribution in [2.45, 2.75) is 6.92 Å². The van der Waals surface area contributed by atoms with Crippen molar-refractivity contribution in [3.8, 4) is 34.4 Å². The molecule has 0 radical (unpaired) electrons. The number of benzene rings is 3. The Bertz CT molecular complexity index is 1770. The number of halogens is 2. The van der Waals surface area contributed by atoms with Gasteiger partial charge in [0.1, 0.15) is 24.8 Å². The van der Waals surface area contributed by atoms with Crippen molar-refractivity contribution in [3.05, 3.63) is 89.9 Å². The van der Waals surface area contributed by atoms with Crippen molar-refractivity contribution >= 4 is 22.5 Å². The predicted octanol–water partition coefficient (Wildman–Crippen LogP) is 5.83. The maximum absolute atomic E-state index is 15.1. The number of pyridine rings is 1. The first kappa shape index (κ1) is 25.1. The highest BCUT2D eigenvalue weighted by atomic mass is 19.1. The first-order valence-electron chi connectivity index (χ1n) is 12.3. The van der Waals surface area contributed by atoms with Crippen LogP contribution in [-0.4, -0.2) is 41.0 Å². The van der Waals surface area contributed by atoms with E-state index in [1.54, 1.807) is 31.3 Å². The van der Waals surface area contributed by atoms with Gasteiger partial charge in [-0.05, 0) is 55.0 Å². The average molecular weight is 545 g/mol. The number of nitrogens with one attached hydrogen (secondary N) is 1. The molecule has 0 saturated carbocycles. The lowest BCUT2D eigenvalue weighted by molar-refractivity contribution is 0.102. The molecule has 3 heterocycles. The SMILES string of the molecule is COc1cc2nccc(Oc3ccc(NC(=O)c4ccn(-c5ccc(F)cc5C)n4)cc3F)c2c2c1OCCO2. The van der Waals surface area contributed by atoms with Crippen LogP contribution in [0.3, 0.4) is 0 Å². The summed E-state index contributed by atoms with van der Waals surface area (Å²) in [5.74, 6) is -0.0534. The summed E-state index contributed by atoms with van der Waals surface area (Å²) in [4.78, 5) is 17.1. The molecule has 0 fully saturated rings. The Morgan fingerprint density at radius 1 is 0.975 bits per heavy atom. The summed E-state index contributed by atoms with van der Waals surface area (Å²) in [6.07, 6.45) is 3.13. The highest BCUT2D eigenvalue weighted by Gasteiger charge is 2.24. The van der Waals surface area contributed by atoms with E-state index in [9.17, 15) is 9.18 Å². The van der Waals surface area contributed by atoms with Gasteiger partial charge in [0, 0.05) is 30.2 Å². The van der Waals surface area contributed by atoms with Crippen LogP contribution in [0.1, 0.15) is 16.1 Å². The molecule has 3 aromatic carbocycles. The summed E-state index contributed by atoms with van der Waals surface area (Å²) < 4.78 is 53.0. The third kappa shape index (κ3) is 4.62. The molecule has 0 unspecified atom stereocenters. The lowest BCUT2D eigenvalue weighted by Gasteiger charge is -2.23. The van der Waals surface area contributed by atoms with Crippen molar-refractivity contribution in [2.24, 2.45) is 0 Å². The fourth-order valence-corrected chi connectivity index (χ4v) is 4.44. The Balaban J connectivity index is 1.23. The number of anilines is 1. The van der Waals surface area contributed by atoms with Crippen LogP contribution < -0.4 is 24.3 Å². The molecule has 9 nitrogen and oxygen atoms in total. The van der Waals surface area contributed by atoms with Crippen LogP contribution in [0.2, 0.25) is 0 Å². The molecule has 6 rings (SSSR count). The molecule has 1 amide bonds. The number of rotatable bonds is 6. The summed E-state index contributed by atoms with van der Waals surface area (Å²) in [6, 6.07) is 13.2. The summed E-state index contributed by atoms with van der Waals surface area (Å²) in [5.41, 5.74) is 2.14. The Kier molecular flexibility index (Phi) is 6.39. The number of aryl methyl sites for hydroxylation is 1. The monoisotopic (exact) mass is 544 g/mol. The van der Waals surface area contributed by atoms with Crippen molar-refractivity contribution in [2.75, 3.05) is 25.6 Å². The van der Waals surface area contributed by atoms with Crippen LogP contribution in [0.15, 0.2) is 67.0 Å². The van der Waals surface area contributed by atoms with Crippen LogP contribution in [0.4, 0.5) is 14.5 Å². The van der Waals surface area contributed by atoms with E-state index < -0.39 is 11.7 Å². The lowest BCUT2D eigenvalue weighted by Crippen LogP contribution is -2.16. The molecule has 5 aromatic rings. The normalized spacial score (nSPS) is 12.3. The number of methoxy groups -OCH3 is 1. The number of nitrogens with zero attached hydrogens (tertiary/aromatic N) is 3. The average Bonchev–Trinajstić information content (AvgIpc) is 3.44. The first-order chi connectivity index (χ1) is 19.4. The highest BCUT2D eigenvalue weighted by Crippen LogP contribution is 2.48. The molecule has 1 N–H and O–H groups in total. The standard InChI is InChI=1S/C29H22F2N4O5/c1-16-13-17(30)3-5-22(16)35-10-8-20(34-35)29(36)33-18-4-6-23(19(31)14-18)40-24-7-9-32-21-15-25(37-2)27-28(26(21)24)39-12-11-38-27/h3-10,13-15H,11-12H2,1-2H3,(H,33,36). The van der Waals surface area contributed by atoms with E-state index >= 15 is 4.39 Å². The molecule has 1 aliphatic rings. The predicted molar refractivity (Wildman–Crippen MR) is 142 cm³/mol. The van der Waals surface area contributed by atoms with Gasteiger partial charge in [-0.2, -0.15) is 5.10 Å². The molecule has 0 atom stereocenters. The second-order valence-corrected chi connectivity index (χ2v) is 8.91. The number of fused-ring (bicyclic) bond motifs is 3. The molecule has 0 spiro atoms. The van der Waals surface area contributed by atoms with Gasteiger partial charge in [-0.3, -0.25) is 9.78 Å². The van der Waals surface area contributed by atoms with E-state index in [0.717, 1.165) is 6.07 Å². The highest BCUT2D eigenvalue weighted by molar-refractivity contribution is 6.03. The fraction of sp³-hybridized carbons (Fsp3) is 0.138. The molecule has 0 aliphatic carbocycles. The van der Waals surface area contributed by atoms with Gasteiger partial charge in [-0.1, -0.05) is 0 Å². The summed E-state index contributed by atoms with van der Waals surface area (Å²) >= 11 is 0. The van der Waals surface area contributed by atoms with E-state index in [1.165, 1.54) is 48.3 Å². The van der Waals surface area contributed by atoms with Gasteiger partial charge >= 0.3 is 0 Å². The van der Waals surface area contributed by atoms with E-state index in [4.69, 9.17) is 18.9 Å². The zero-order valence-electron chi connectivity index (χ0n) is 21.4. The molecule has 40 heavy (non-hydrogen) atoms. The number of amides is 1. The molecule has 2 aromatic heterocycles. The maximum Gasteiger partial charge on any atom is 0.276 e. The molecule has 11 heteroatoms. The Morgan fingerprint density at radius 2 is 1.80 bits per heavy atom. The molecular weight excluding hydrogens is 522 g/mol. The summed E-state index contributed by atoms with van der Waals surface area (Å²) in [7, 11) is 1.52. The Hall–Kier alpha value is -5.19. The van der Waals surface area contributed by atoms with Gasteiger partial charge in [0.2, 0.25) is 5.75 Å². The minimum atomic E-state index is -0.699. The van der Waals surface area contributed by atoms with Crippen molar-refractivity contribution < 1.29 is 32.5 Å². The van der Waals surface area contributed by atoms with Gasteiger partial charge in [0.25, 0.3) is 5.91 Å². The first-order valence-corrected chi connectivity index (χ1v) is 12.3. The largest absolute Gasteiger partial charge is 0.493 e. The van der Waals surface area contributed by atoms with E-state index in [0.29, 0.717) is 58.4 Å². The van der Waals surface area contributed by atoms with E-state index in [-0.39, 0.29) is 22.9 Å². The van der Waals surface area contributed by atoms with Crippen LogP contribution >= 0.6 is 0 Å². The second-order valence-electron chi connectivity index (χ2n) is 8.91. The van der Waals surface area contributed by atoms with Crippen molar-refractivity contribution in [1.82, 2.24) is 14.8 Å². The smallest absolute Gasteiger partial charge is 0.276 e. The van der Waals surface area contributed by atoms with Crippen LogP contribution in [-0.2, 0) is 0 Å². The summed E-state index contributed by atoms with van der Waals surface area (Å²) in [6.45, 7) is 2.43. The maximum atomic E-state index is 15.1. The van der Waals surface area contributed by atoms with Crippen molar-refractivity contribution in [1.29, 1.82) is 0 Å². The van der Waals surface area contributed by atoms with Crippen LogP contribution in [0.25, 0.3) is 16.6 Å². The zero-order valence-corrected chi connectivity index (χ0v) is 21.4. The lowest BCUT2D eigenvalue weighted by atomic mass is 10.1. The van der Waals surface area contributed by atoms with Gasteiger partial charge < -0.3 is 24.3 Å². The zero-order chi connectivity index (χ0) is 27.8. The number of hydrogen-bond donors (Lipinski definition) is 1. The van der Waals surface area contributed by atoms with E-state index in [1.807, 2.05) is 0 Å². The number of hydrogen-bond acceptors (Lipinski definition) is 7. The minimum Gasteiger partial charge on any atom is -0.493 e. The van der Waals surface area contributed by atoms with Gasteiger partial charge in [0.15, 0.2) is 28.8 Å². The van der Waals surface area contributed by atoms with Gasteiger partial charge in [-0.25, -0.2) is 13.5 Å². The fourth-order valence-electron chi connectivity index (χ4n) is 4.44. The van der Waals surface area contributed by atoms with Crippen molar-refractivity contribution in [3.63, 3.8) is 0 Å². The third-order valence-corrected chi connectivity index (χ3v) is 6.30. The second kappa shape index (κ2) is 10.2. The summed E-state index contributed by atoms with van der Waals surface area (Å²) in [5, 5.41) is 7.41. The van der Waals surface area contributed by atoms with Crippen LogP contribution in [0.5, 0.6) is 28.7 Å². The van der Waals surface area contributed by atoms with Gasteiger partial charge in [-0.15, -0.1) is 0 Å². The topological polar surface area (TPSA) is 96.7 Å². The third-order valence-electron chi connectivity index (χ3n) is 6.30. The number of carbonyl (C=O) groups excluding carboxylic acids is 1. The Labute approximate surface area is 226 Å². The molecule has 0 bridgehead atoms. The van der Waals surface area contributed by atoms with Crippen LogP contribution in [0, 0.1) is 18.6 Å². The van der Waals surface area contributed by atoms with E-state index in [2.05, 4.69) is 15.4 Å². The van der Waals surface area contributed by atoms with Gasteiger partial charge in [0.05, 0.1) is 23.7 Å². The quantitative estimate of drug-likeness (QED) is 0.287. The number of aromatic nitrogens is 3. The number of ether oxygens (including phenoxy) is 4. The molecule has 202 valence electrons. The minimum absolute atomic E-state index is 0.0668. The molecular formula is C29H22F2N4O5. The Morgan fingerprint density at radius 3 is 2.58 bits per heavy atom. The molecule has 1 aliphatic heterocycles. The number of carbonyl (C=O) groups is 1.